The number of nitrogens with two attached hydrogens (primary N) is 1. The van der Waals surface area contributed by atoms with E-state index in [0.717, 1.165) is 24.3 Å². The molecule has 94 valence electrons. The summed E-state index contributed by atoms with van der Waals surface area (Å²) in [6.45, 7) is 2.20. The number of hydrogen-bond acceptors (Lipinski definition) is 3. The highest BCUT2D eigenvalue weighted by Crippen LogP contribution is 2.46. The molecule has 2 atom stereocenters. The minimum absolute atomic E-state index is 0.00828. The molecule has 0 aromatic heterocycles. The zero-order chi connectivity index (χ0) is 12.5. The summed E-state index contributed by atoms with van der Waals surface area (Å²) >= 11 is 0. The van der Waals surface area contributed by atoms with Gasteiger partial charge >= 0.3 is 0 Å². The van der Waals surface area contributed by atoms with E-state index in [9.17, 15) is 0 Å². The zero-order valence-electron chi connectivity index (χ0n) is 10.8. The molecule has 0 radical (unpaired) electrons. The third-order valence-electron chi connectivity index (χ3n) is 3.75. The quantitative estimate of drug-likeness (QED) is 0.852. The van der Waals surface area contributed by atoms with Crippen LogP contribution in [0.15, 0.2) is 18.2 Å². The lowest BCUT2D eigenvalue weighted by Gasteiger charge is -2.13. The van der Waals surface area contributed by atoms with Crippen molar-refractivity contribution in [1.82, 2.24) is 0 Å². The van der Waals surface area contributed by atoms with E-state index in [1.165, 1.54) is 12.0 Å². The SMILES string of the molecule is CCC1CC1(N)Cc1ccc(OC)c(OC)c1. The maximum absolute atomic E-state index is 6.32. The molecule has 1 aromatic rings. The van der Waals surface area contributed by atoms with Crippen LogP contribution in [0.5, 0.6) is 11.5 Å². The second-order valence-corrected chi connectivity index (χ2v) is 4.91. The third-order valence-corrected chi connectivity index (χ3v) is 3.75. The van der Waals surface area contributed by atoms with Crippen LogP contribution in [0.3, 0.4) is 0 Å². The molecule has 0 bridgehead atoms. The number of rotatable bonds is 5. The van der Waals surface area contributed by atoms with Crippen LogP contribution in [-0.2, 0) is 6.42 Å². The van der Waals surface area contributed by atoms with Crippen LogP contribution in [0.1, 0.15) is 25.3 Å². The largest absolute Gasteiger partial charge is 0.493 e. The fraction of sp³-hybridized carbons (Fsp3) is 0.571. The Morgan fingerprint density at radius 2 is 2.00 bits per heavy atom. The van der Waals surface area contributed by atoms with E-state index in [-0.39, 0.29) is 5.54 Å². The van der Waals surface area contributed by atoms with E-state index < -0.39 is 0 Å². The van der Waals surface area contributed by atoms with E-state index in [4.69, 9.17) is 15.2 Å². The Morgan fingerprint density at radius 3 is 2.53 bits per heavy atom. The van der Waals surface area contributed by atoms with Crippen LogP contribution in [0.4, 0.5) is 0 Å². The first-order chi connectivity index (χ1) is 8.12. The highest BCUT2D eigenvalue weighted by atomic mass is 16.5. The standard InChI is InChI=1S/C14H21NO2/c1-4-11-9-14(11,15)8-10-5-6-12(16-2)13(7-10)17-3/h5-7,11H,4,8-9,15H2,1-3H3. The second kappa shape index (κ2) is 4.57. The molecule has 1 saturated carbocycles. The van der Waals surface area contributed by atoms with Crippen LogP contribution >= 0.6 is 0 Å². The fourth-order valence-electron chi connectivity index (χ4n) is 2.54. The van der Waals surface area contributed by atoms with Crippen molar-refractivity contribution in [3.63, 3.8) is 0 Å². The van der Waals surface area contributed by atoms with Gasteiger partial charge in [0.15, 0.2) is 11.5 Å². The number of methoxy groups -OCH3 is 2. The van der Waals surface area contributed by atoms with Gasteiger partial charge in [-0.3, -0.25) is 0 Å². The Kier molecular flexibility index (Phi) is 3.29. The maximum Gasteiger partial charge on any atom is 0.160 e. The Labute approximate surface area is 103 Å². The first kappa shape index (κ1) is 12.2. The van der Waals surface area contributed by atoms with Crippen molar-refractivity contribution >= 4 is 0 Å². The monoisotopic (exact) mass is 235 g/mol. The first-order valence-corrected chi connectivity index (χ1v) is 6.12. The van der Waals surface area contributed by atoms with Gasteiger partial charge in [-0.1, -0.05) is 19.4 Å². The van der Waals surface area contributed by atoms with Crippen molar-refractivity contribution in [2.24, 2.45) is 11.7 Å². The Balaban J connectivity index is 2.12. The van der Waals surface area contributed by atoms with Crippen molar-refractivity contribution in [3.05, 3.63) is 23.8 Å². The molecular formula is C14H21NO2. The van der Waals surface area contributed by atoms with Crippen molar-refractivity contribution in [3.8, 4) is 11.5 Å². The van der Waals surface area contributed by atoms with Gasteiger partial charge in [0.1, 0.15) is 0 Å². The van der Waals surface area contributed by atoms with Gasteiger partial charge in [-0.05, 0) is 36.5 Å². The highest BCUT2D eigenvalue weighted by molar-refractivity contribution is 5.43. The summed E-state index contributed by atoms with van der Waals surface area (Å²) < 4.78 is 10.5. The van der Waals surface area contributed by atoms with Crippen molar-refractivity contribution in [2.75, 3.05) is 14.2 Å². The average molecular weight is 235 g/mol. The van der Waals surface area contributed by atoms with Gasteiger partial charge in [0, 0.05) is 5.54 Å². The van der Waals surface area contributed by atoms with Crippen LogP contribution in [0.2, 0.25) is 0 Å². The van der Waals surface area contributed by atoms with Gasteiger partial charge in [-0.2, -0.15) is 0 Å². The Morgan fingerprint density at radius 1 is 1.29 bits per heavy atom. The predicted octanol–water partition coefficient (Wildman–Crippen LogP) is 2.37. The van der Waals surface area contributed by atoms with E-state index in [2.05, 4.69) is 13.0 Å². The summed E-state index contributed by atoms with van der Waals surface area (Å²) in [5.41, 5.74) is 7.55. The van der Waals surface area contributed by atoms with Gasteiger partial charge in [0.2, 0.25) is 0 Å². The van der Waals surface area contributed by atoms with Crippen LogP contribution in [-0.4, -0.2) is 19.8 Å². The summed E-state index contributed by atoms with van der Waals surface area (Å²) in [6.07, 6.45) is 3.23. The Hall–Kier alpha value is -1.22. The molecule has 0 spiro atoms. The molecule has 1 aliphatic carbocycles. The summed E-state index contributed by atoms with van der Waals surface area (Å²) in [5.74, 6) is 2.23. The molecule has 3 nitrogen and oxygen atoms in total. The lowest BCUT2D eigenvalue weighted by Crippen LogP contribution is -2.27. The van der Waals surface area contributed by atoms with E-state index in [1.54, 1.807) is 14.2 Å². The summed E-state index contributed by atoms with van der Waals surface area (Å²) in [5, 5.41) is 0. The fourth-order valence-corrected chi connectivity index (χ4v) is 2.54. The van der Waals surface area contributed by atoms with Gasteiger partial charge in [0.25, 0.3) is 0 Å². The van der Waals surface area contributed by atoms with Crippen molar-refractivity contribution < 1.29 is 9.47 Å². The van der Waals surface area contributed by atoms with Crippen LogP contribution in [0.25, 0.3) is 0 Å². The Bertz CT molecular complexity index is 405. The lowest BCUT2D eigenvalue weighted by molar-refractivity contribution is 0.354. The lowest BCUT2D eigenvalue weighted by atomic mass is 10.0. The molecule has 2 unspecified atom stereocenters. The molecule has 1 aromatic carbocycles. The molecule has 0 amide bonds. The predicted molar refractivity (Wildman–Crippen MR) is 68.6 cm³/mol. The number of ether oxygens (including phenoxy) is 2. The molecule has 17 heavy (non-hydrogen) atoms. The number of hydrogen-bond donors (Lipinski definition) is 1. The van der Waals surface area contributed by atoms with Crippen molar-refractivity contribution in [2.45, 2.75) is 31.7 Å². The molecular weight excluding hydrogens is 214 g/mol. The normalized spacial score (nSPS) is 26.7. The smallest absolute Gasteiger partial charge is 0.160 e. The number of benzene rings is 1. The molecule has 2 rings (SSSR count). The minimum Gasteiger partial charge on any atom is -0.493 e. The molecule has 0 aliphatic heterocycles. The summed E-state index contributed by atoms with van der Waals surface area (Å²) in [7, 11) is 3.31. The molecule has 1 fully saturated rings. The van der Waals surface area contributed by atoms with Gasteiger partial charge in [0.05, 0.1) is 14.2 Å². The highest BCUT2D eigenvalue weighted by Gasteiger charge is 2.49. The maximum atomic E-state index is 6.32. The molecule has 1 aliphatic rings. The zero-order valence-corrected chi connectivity index (χ0v) is 10.8. The van der Waals surface area contributed by atoms with Gasteiger partial charge in [-0.25, -0.2) is 0 Å². The first-order valence-electron chi connectivity index (χ1n) is 6.12. The topological polar surface area (TPSA) is 44.5 Å². The molecule has 2 N–H and O–H groups in total. The van der Waals surface area contributed by atoms with Gasteiger partial charge in [-0.15, -0.1) is 0 Å². The molecule has 3 heteroatoms. The van der Waals surface area contributed by atoms with E-state index in [0.29, 0.717) is 5.92 Å². The van der Waals surface area contributed by atoms with Crippen LogP contribution < -0.4 is 15.2 Å². The van der Waals surface area contributed by atoms with Crippen molar-refractivity contribution in [1.29, 1.82) is 0 Å². The average Bonchev–Trinajstić information content (AvgIpc) is 2.99. The third kappa shape index (κ3) is 2.39. The second-order valence-electron chi connectivity index (χ2n) is 4.91. The van der Waals surface area contributed by atoms with Crippen LogP contribution in [0, 0.1) is 5.92 Å². The molecule has 0 heterocycles. The molecule has 0 saturated heterocycles. The van der Waals surface area contributed by atoms with E-state index in [1.807, 2.05) is 12.1 Å². The summed E-state index contributed by atoms with van der Waals surface area (Å²) in [6, 6.07) is 6.04. The minimum atomic E-state index is 0.00828. The summed E-state index contributed by atoms with van der Waals surface area (Å²) in [4.78, 5) is 0. The van der Waals surface area contributed by atoms with E-state index >= 15 is 0 Å². The van der Waals surface area contributed by atoms with Gasteiger partial charge < -0.3 is 15.2 Å².